The normalized spacial score (nSPS) is 11.0. The zero-order valence-electron chi connectivity index (χ0n) is 10.9. The standard InChI is InChI=1S/C14H11Cl2N5/c15-12-3-9(4-13(16)21-12)5-17-7-11-14-10(1-2-19-11)6-18-8-20-14/h1-4,6,8,17H,5,7H2. The fraction of sp³-hybridized carbons (Fsp3) is 0.143. The molecule has 0 radical (unpaired) electrons. The number of hydrogen-bond acceptors (Lipinski definition) is 5. The highest BCUT2D eigenvalue weighted by Crippen LogP contribution is 2.15. The van der Waals surface area contributed by atoms with Crippen molar-refractivity contribution in [2.45, 2.75) is 13.1 Å². The fourth-order valence-corrected chi connectivity index (χ4v) is 2.55. The lowest BCUT2D eigenvalue weighted by Gasteiger charge is -2.07. The van der Waals surface area contributed by atoms with E-state index in [4.69, 9.17) is 23.2 Å². The Kier molecular flexibility index (Phi) is 4.24. The van der Waals surface area contributed by atoms with Crippen molar-refractivity contribution in [3.8, 4) is 0 Å². The first-order valence-corrected chi connectivity index (χ1v) is 7.04. The van der Waals surface area contributed by atoms with Crippen molar-refractivity contribution >= 4 is 34.1 Å². The molecule has 0 bridgehead atoms. The summed E-state index contributed by atoms with van der Waals surface area (Å²) in [7, 11) is 0. The molecule has 1 N–H and O–H groups in total. The highest BCUT2D eigenvalue weighted by molar-refractivity contribution is 6.32. The summed E-state index contributed by atoms with van der Waals surface area (Å²) in [4.78, 5) is 16.5. The van der Waals surface area contributed by atoms with Gasteiger partial charge in [0.2, 0.25) is 0 Å². The third-order valence-corrected chi connectivity index (χ3v) is 3.33. The summed E-state index contributed by atoms with van der Waals surface area (Å²) < 4.78 is 0. The summed E-state index contributed by atoms with van der Waals surface area (Å²) >= 11 is 11.7. The van der Waals surface area contributed by atoms with Gasteiger partial charge in [-0.15, -0.1) is 0 Å². The Balaban J connectivity index is 1.72. The number of hydrogen-bond donors (Lipinski definition) is 1. The van der Waals surface area contributed by atoms with E-state index in [1.165, 1.54) is 6.33 Å². The molecule has 0 unspecified atom stereocenters. The largest absolute Gasteiger partial charge is 0.307 e. The van der Waals surface area contributed by atoms with E-state index in [9.17, 15) is 0 Å². The molecule has 0 saturated carbocycles. The molecule has 0 amide bonds. The van der Waals surface area contributed by atoms with Gasteiger partial charge in [-0.2, -0.15) is 0 Å². The summed E-state index contributed by atoms with van der Waals surface area (Å²) in [5.74, 6) is 0. The lowest BCUT2D eigenvalue weighted by Crippen LogP contribution is -2.14. The van der Waals surface area contributed by atoms with Gasteiger partial charge >= 0.3 is 0 Å². The van der Waals surface area contributed by atoms with Gasteiger partial charge in [0.1, 0.15) is 16.6 Å². The number of nitrogens with zero attached hydrogens (tertiary/aromatic N) is 4. The van der Waals surface area contributed by atoms with Crippen molar-refractivity contribution in [3.63, 3.8) is 0 Å². The third-order valence-electron chi connectivity index (χ3n) is 2.94. The van der Waals surface area contributed by atoms with Gasteiger partial charge in [-0.25, -0.2) is 15.0 Å². The molecule has 3 aromatic rings. The van der Waals surface area contributed by atoms with Crippen LogP contribution in [0.4, 0.5) is 0 Å². The van der Waals surface area contributed by atoms with Gasteiger partial charge in [0.15, 0.2) is 0 Å². The molecular weight excluding hydrogens is 309 g/mol. The first kappa shape index (κ1) is 14.1. The molecule has 0 saturated heterocycles. The minimum Gasteiger partial charge on any atom is -0.307 e. The summed E-state index contributed by atoms with van der Waals surface area (Å²) in [5.41, 5.74) is 2.70. The van der Waals surface area contributed by atoms with Crippen LogP contribution in [0.25, 0.3) is 10.9 Å². The number of pyridine rings is 2. The molecule has 5 nitrogen and oxygen atoms in total. The van der Waals surface area contributed by atoms with Crippen LogP contribution in [0.15, 0.2) is 36.9 Å². The molecule has 106 valence electrons. The van der Waals surface area contributed by atoms with Crippen LogP contribution in [0.2, 0.25) is 10.3 Å². The average molecular weight is 320 g/mol. The lowest BCUT2D eigenvalue weighted by molar-refractivity contribution is 0.682. The van der Waals surface area contributed by atoms with Gasteiger partial charge in [0.25, 0.3) is 0 Å². The first-order valence-electron chi connectivity index (χ1n) is 6.28. The Morgan fingerprint density at radius 2 is 1.86 bits per heavy atom. The molecule has 3 aromatic heterocycles. The van der Waals surface area contributed by atoms with Crippen molar-refractivity contribution in [1.29, 1.82) is 0 Å². The zero-order chi connectivity index (χ0) is 14.7. The van der Waals surface area contributed by atoms with E-state index < -0.39 is 0 Å². The SMILES string of the molecule is Clc1cc(CNCc2nccc3cncnc23)cc(Cl)n1. The summed E-state index contributed by atoms with van der Waals surface area (Å²) in [6.45, 7) is 1.21. The van der Waals surface area contributed by atoms with Gasteiger partial charge in [-0.05, 0) is 23.8 Å². The van der Waals surface area contributed by atoms with Crippen LogP contribution in [0.3, 0.4) is 0 Å². The molecule has 3 rings (SSSR count). The maximum atomic E-state index is 5.87. The van der Waals surface area contributed by atoms with Gasteiger partial charge < -0.3 is 5.32 Å². The molecule has 0 spiro atoms. The first-order chi connectivity index (χ1) is 10.2. The van der Waals surface area contributed by atoms with Crippen LogP contribution in [-0.4, -0.2) is 19.9 Å². The molecule has 0 aliphatic heterocycles. The van der Waals surface area contributed by atoms with E-state index in [1.807, 2.05) is 6.07 Å². The number of nitrogens with one attached hydrogen (secondary N) is 1. The number of halogens is 2. The molecule has 7 heteroatoms. The Morgan fingerprint density at radius 3 is 2.67 bits per heavy atom. The summed E-state index contributed by atoms with van der Waals surface area (Å²) in [5, 5.41) is 5.04. The Morgan fingerprint density at radius 1 is 1.05 bits per heavy atom. The second-order valence-corrected chi connectivity index (χ2v) is 5.22. The molecule has 0 fully saturated rings. The second-order valence-electron chi connectivity index (χ2n) is 4.44. The van der Waals surface area contributed by atoms with Crippen molar-refractivity contribution in [2.75, 3.05) is 0 Å². The van der Waals surface area contributed by atoms with Crippen LogP contribution < -0.4 is 5.32 Å². The maximum Gasteiger partial charge on any atom is 0.131 e. The van der Waals surface area contributed by atoms with E-state index in [2.05, 4.69) is 25.3 Å². The van der Waals surface area contributed by atoms with Crippen LogP contribution in [-0.2, 0) is 13.1 Å². The monoisotopic (exact) mass is 319 g/mol. The van der Waals surface area contributed by atoms with Gasteiger partial charge in [0, 0.05) is 30.9 Å². The molecule has 0 aliphatic carbocycles. The molecule has 3 heterocycles. The Hall–Kier alpha value is -1.82. The van der Waals surface area contributed by atoms with E-state index in [0.29, 0.717) is 23.4 Å². The predicted octanol–water partition coefficient (Wildman–Crippen LogP) is 3.02. The van der Waals surface area contributed by atoms with Crippen LogP contribution >= 0.6 is 23.2 Å². The predicted molar refractivity (Wildman–Crippen MR) is 82.1 cm³/mol. The van der Waals surface area contributed by atoms with Gasteiger partial charge in [-0.3, -0.25) is 4.98 Å². The molecule has 21 heavy (non-hydrogen) atoms. The van der Waals surface area contributed by atoms with E-state index in [1.54, 1.807) is 24.5 Å². The third kappa shape index (κ3) is 3.44. The topological polar surface area (TPSA) is 63.6 Å². The summed E-state index contributed by atoms with van der Waals surface area (Å²) in [6.07, 6.45) is 5.05. The van der Waals surface area contributed by atoms with Crippen LogP contribution in [0.5, 0.6) is 0 Å². The molecular formula is C14H11Cl2N5. The maximum absolute atomic E-state index is 5.87. The number of fused-ring (bicyclic) bond motifs is 1. The van der Waals surface area contributed by atoms with Crippen molar-refractivity contribution in [1.82, 2.24) is 25.3 Å². The summed E-state index contributed by atoms with van der Waals surface area (Å²) in [6, 6.07) is 5.44. The van der Waals surface area contributed by atoms with Crippen LogP contribution in [0, 0.1) is 0 Å². The highest BCUT2D eigenvalue weighted by atomic mass is 35.5. The minimum absolute atomic E-state index is 0.385. The second kappa shape index (κ2) is 6.30. The van der Waals surface area contributed by atoms with Crippen molar-refractivity contribution < 1.29 is 0 Å². The van der Waals surface area contributed by atoms with E-state index in [0.717, 1.165) is 22.2 Å². The lowest BCUT2D eigenvalue weighted by atomic mass is 10.2. The molecule has 0 aliphatic rings. The molecule has 0 aromatic carbocycles. The molecule has 0 atom stereocenters. The Bertz CT molecular complexity index is 753. The van der Waals surface area contributed by atoms with E-state index in [-0.39, 0.29) is 0 Å². The minimum atomic E-state index is 0.385. The quantitative estimate of drug-likeness (QED) is 0.749. The zero-order valence-corrected chi connectivity index (χ0v) is 12.4. The smallest absolute Gasteiger partial charge is 0.131 e. The highest BCUT2D eigenvalue weighted by Gasteiger charge is 2.04. The van der Waals surface area contributed by atoms with Gasteiger partial charge in [0.05, 0.1) is 11.2 Å². The van der Waals surface area contributed by atoms with Crippen molar-refractivity contribution in [2.24, 2.45) is 0 Å². The average Bonchev–Trinajstić information content (AvgIpc) is 2.46. The number of rotatable bonds is 4. The number of aromatic nitrogens is 4. The Labute approximate surface area is 131 Å². The van der Waals surface area contributed by atoms with Crippen LogP contribution in [0.1, 0.15) is 11.3 Å². The van der Waals surface area contributed by atoms with Crippen molar-refractivity contribution in [3.05, 3.63) is 58.5 Å². The fourth-order valence-electron chi connectivity index (χ4n) is 2.04. The van der Waals surface area contributed by atoms with Gasteiger partial charge in [-0.1, -0.05) is 23.2 Å². The van der Waals surface area contributed by atoms with E-state index >= 15 is 0 Å².